The van der Waals surface area contributed by atoms with Gasteiger partial charge in [0.1, 0.15) is 11.4 Å². The van der Waals surface area contributed by atoms with Gasteiger partial charge < -0.3 is 4.74 Å². The minimum Gasteiger partial charge on any atom is -0.494 e. The molecule has 3 aromatic carbocycles. The number of hydrogen-bond acceptors (Lipinski definition) is 6. The maximum atomic E-state index is 13.9. The molecule has 1 aliphatic heterocycles. The van der Waals surface area contributed by atoms with Crippen LogP contribution in [0.3, 0.4) is 0 Å². The molecule has 210 valence electrons. The lowest BCUT2D eigenvalue weighted by molar-refractivity contribution is -0.113. The van der Waals surface area contributed by atoms with Gasteiger partial charge in [-0.1, -0.05) is 60.4 Å². The molecule has 10 heteroatoms. The van der Waals surface area contributed by atoms with Gasteiger partial charge in [0, 0.05) is 24.4 Å². The highest BCUT2D eigenvalue weighted by atomic mass is 32.2. The second-order valence-corrected chi connectivity index (χ2v) is 11.3. The molecule has 0 bridgehead atoms. The van der Waals surface area contributed by atoms with E-state index in [2.05, 4.69) is 0 Å². The van der Waals surface area contributed by atoms with Crippen LogP contribution in [0.25, 0.3) is 28.7 Å². The molecule has 0 aliphatic carbocycles. The number of carbonyl (C=O) groups is 1. The molecule has 0 unspecified atom stereocenters. The van der Waals surface area contributed by atoms with E-state index in [1.165, 1.54) is 16.7 Å². The van der Waals surface area contributed by atoms with Gasteiger partial charge in [0.25, 0.3) is 11.5 Å². The molecule has 3 heterocycles. The van der Waals surface area contributed by atoms with E-state index < -0.39 is 0 Å². The van der Waals surface area contributed by atoms with Gasteiger partial charge in [-0.05, 0) is 68.5 Å². The lowest BCUT2D eigenvalue weighted by atomic mass is 10.1. The Bertz CT molecular complexity index is 1890. The van der Waals surface area contributed by atoms with Crippen LogP contribution in [-0.4, -0.2) is 36.0 Å². The molecule has 0 radical (unpaired) electrons. The quantitative estimate of drug-likeness (QED) is 0.167. The van der Waals surface area contributed by atoms with Crippen molar-refractivity contribution in [2.24, 2.45) is 7.05 Å². The number of carbonyl (C=O) groups excluding carboxylic acids is 1. The van der Waals surface area contributed by atoms with Crippen LogP contribution < -0.4 is 15.2 Å². The number of benzene rings is 3. The fourth-order valence-electron chi connectivity index (χ4n) is 4.92. The van der Waals surface area contributed by atoms with E-state index in [1.807, 2.05) is 105 Å². The maximum Gasteiger partial charge on any atom is 0.296 e. The summed E-state index contributed by atoms with van der Waals surface area (Å²) >= 11 is 6.84. The topological polar surface area (TPSA) is 74.3 Å². The Balaban J connectivity index is 1.42. The summed E-state index contributed by atoms with van der Waals surface area (Å²) < 4.78 is 11.0. The number of thiocarbonyl (C=S) groups is 1. The molecule has 42 heavy (non-hydrogen) atoms. The Morgan fingerprint density at radius 2 is 1.57 bits per heavy atom. The lowest BCUT2D eigenvalue weighted by Crippen LogP contribution is -2.33. The van der Waals surface area contributed by atoms with Gasteiger partial charge in [-0.3, -0.25) is 19.2 Å². The second kappa shape index (κ2) is 11.3. The number of rotatable bonds is 7. The first-order valence-electron chi connectivity index (χ1n) is 13.4. The zero-order valence-corrected chi connectivity index (χ0v) is 24.9. The number of thioether (sulfide) groups is 1. The maximum absolute atomic E-state index is 13.9. The first-order chi connectivity index (χ1) is 20.4. The smallest absolute Gasteiger partial charge is 0.296 e. The SMILES string of the molecule is CCOc1ccc(-c2nn(-c3ccccc3)cc2/C=C2\SC(=S)N(c3c(C)n(C)n(-c4ccccc4)c3=O)C2=O)cc1. The zero-order valence-electron chi connectivity index (χ0n) is 23.2. The van der Waals surface area contributed by atoms with E-state index in [4.69, 9.17) is 22.1 Å². The predicted octanol–water partition coefficient (Wildman–Crippen LogP) is 6.14. The third-order valence-electron chi connectivity index (χ3n) is 7.03. The average Bonchev–Trinajstić information content (AvgIpc) is 3.62. The van der Waals surface area contributed by atoms with Crippen molar-refractivity contribution in [3.05, 3.63) is 118 Å². The standard InChI is InChI=1S/C32H27N5O3S2/c1-4-40-26-17-15-22(16-18-26)28-23(20-35(33-28)24-11-7-5-8-12-24)19-27-30(38)36(32(41)42-27)29-21(2)34(3)37(31(29)39)25-13-9-6-10-14-25/h5-20H,4H2,1-3H3/b27-19-. The van der Waals surface area contributed by atoms with Crippen LogP contribution in [-0.2, 0) is 11.8 Å². The van der Waals surface area contributed by atoms with Crippen molar-refractivity contribution in [3.8, 4) is 28.4 Å². The molecule has 0 atom stereocenters. The third-order valence-corrected chi connectivity index (χ3v) is 8.33. The summed E-state index contributed by atoms with van der Waals surface area (Å²) in [5, 5.41) is 4.87. The van der Waals surface area contributed by atoms with E-state index in [0.29, 0.717) is 32.9 Å². The van der Waals surface area contributed by atoms with Gasteiger partial charge in [-0.15, -0.1) is 0 Å². The highest BCUT2D eigenvalue weighted by Crippen LogP contribution is 2.38. The van der Waals surface area contributed by atoms with Crippen molar-refractivity contribution in [1.82, 2.24) is 19.1 Å². The Labute approximate surface area is 252 Å². The van der Waals surface area contributed by atoms with Crippen molar-refractivity contribution in [3.63, 3.8) is 0 Å². The summed E-state index contributed by atoms with van der Waals surface area (Å²) in [6, 6.07) is 26.8. The minimum atomic E-state index is -0.346. The van der Waals surface area contributed by atoms with Gasteiger partial charge in [0.2, 0.25) is 0 Å². The van der Waals surface area contributed by atoms with Crippen LogP contribution in [0.4, 0.5) is 5.69 Å². The van der Waals surface area contributed by atoms with Crippen LogP contribution in [0.5, 0.6) is 5.75 Å². The average molecular weight is 594 g/mol. The van der Waals surface area contributed by atoms with Crippen molar-refractivity contribution in [2.45, 2.75) is 13.8 Å². The van der Waals surface area contributed by atoms with E-state index in [0.717, 1.165) is 22.6 Å². The number of hydrogen-bond donors (Lipinski definition) is 0. The molecule has 5 aromatic rings. The highest BCUT2D eigenvalue weighted by Gasteiger charge is 2.38. The highest BCUT2D eigenvalue weighted by molar-refractivity contribution is 8.27. The van der Waals surface area contributed by atoms with Crippen molar-refractivity contribution < 1.29 is 9.53 Å². The van der Waals surface area contributed by atoms with Crippen LogP contribution >= 0.6 is 24.0 Å². The summed E-state index contributed by atoms with van der Waals surface area (Å²) in [4.78, 5) is 29.3. The summed E-state index contributed by atoms with van der Waals surface area (Å²) in [5.74, 6) is 0.423. The van der Waals surface area contributed by atoms with Gasteiger partial charge in [0.05, 0.1) is 34.3 Å². The Kier molecular flexibility index (Phi) is 7.40. The fourth-order valence-corrected chi connectivity index (χ4v) is 6.18. The van der Waals surface area contributed by atoms with Gasteiger partial charge in [0.15, 0.2) is 4.32 Å². The Morgan fingerprint density at radius 3 is 2.21 bits per heavy atom. The fraction of sp³-hybridized carbons (Fsp3) is 0.125. The molecular formula is C32H27N5O3S2. The molecule has 2 aromatic heterocycles. The molecule has 1 fully saturated rings. The van der Waals surface area contributed by atoms with Crippen LogP contribution in [0.15, 0.2) is 101 Å². The number of nitrogens with zero attached hydrogens (tertiary/aromatic N) is 5. The van der Waals surface area contributed by atoms with Crippen molar-refractivity contribution in [2.75, 3.05) is 11.5 Å². The van der Waals surface area contributed by atoms with E-state index in [1.54, 1.807) is 27.2 Å². The number of ether oxygens (including phenoxy) is 1. The third kappa shape index (κ3) is 4.88. The number of amides is 1. The van der Waals surface area contributed by atoms with Gasteiger partial charge in [-0.2, -0.15) is 5.10 Å². The molecule has 0 spiro atoms. The molecule has 0 saturated carbocycles. The summed E-state index contributed by atoms with van der Waals surface area (Å²) in [7, 11) is 1.79. The van der Waals surface area contributed by atoms with Crippen molar-refractivity contribution in [1.29, 1.82) is 0 Å². The van der Waals surface area contributed by atoms with Crippen LogP contribution in [0, 0.1) is 6.92 Å². The molecule has 1 aliphatic rings. The second-order valence-electron chi connectivity index (χ2n) is 9.60. The van der Waals surface area contributed by atoms with Crippen LogP contribution in [0.2, 0.25) is 0 Å². The summed E-state index contributed by atoms with van der Waals surface area (Å²) in [5.41, 5.74) is 4.48. The Hall–Kier alpha value is -4.67. The number of aromatic nitrogens is 4. The first-order valence-corrected chi connectivity index (χ1v) is 14.6. The number of para-hydroxylation sites is 2. The lowest BCUT2D eigenvalue weighted by Gasteiger charge is -2.12. The zero-order chi connectivity index (χ0) is 29.4. The molecule has 1 saturated heterocycles. The van der Waals surface area contributed by atoms with Crippen molar-refractivity contribution >= 4 is 46.0 Å². The Morgan fingerprint density at radius 1 is 0.929 bits per heavy atom. The van der Waals surface area contributed by atoms with E-state index in [-0.39, 0.29) is 17.2 Å². The number of anilines is 1. The molecular weight excluding hydrogens is 567 g/mol. The molecule has 1 amide bonds. The first kappa shape index (κ1) is 27.5. The van der Waals surface area contributed by atoms with Gasteiger partial charge in [-0.25, -0.2) is 9.36 Å². The molecule has 6 rings (SSSR count). The van der Waals surface area contributed by atoms with Gasteiger partial charge >= 0.3 is 0 Å². The van der Waals surface area contributed by atoms with E-state index in [9.17, 15) is 9.59 Å². The normalized spacial score (nSPS) is 14.3. The summed E-state index contributed by atoms with van der Waals surface area (Å²) in [6.07, 6.45) is 3.69. The largest absolute Gasteiger partial charge is 0.494 e. The molecule has 0 N–H and O–H groups in total. The van der Waals surface area contributed by atoms with E-state index >= 15 is 0 Å². The van der Waals surface area contributed by atoms with Crippen LogP contribution in [0.1, 0.15) is 18.2 Å². The monoisotopic (exact) mass is 593 g/mol. The molecule has 8 nitrogen and oxygen atoms in total. The predicted molar refractivity (Wildman–Crippen MR) is 172 cm³/mol. The summed E-state index contributed by atoms with van der Waals surface area (Å²) in [6.45, 7) is 4.33. The minimum absolute atomic E-state index is 0.249.